The first-order valence-corrected chi connectivity index (χ1v) is 8.67. The highest BCUT2D eigenvalue weighted by molar-refractivity contribution is 5.82. The van der Waals surface area contributed by atoms with E-state index in [-0.39, 0.29) is 43.5 Å². The van der Waals surface area contributed by atoms with Crippen LogP contribution in [0.1, 0.15) is 17.5 Å². The number of nitrogens with zero attached hydrogens (tertiary/aromatic N) is 2. The zero-order valence-electron chi connectivity index (χ0n) is 15.8. The van der Waals surface area contributed by atoms with Gasteiger partial charge in [-0.3, -0.25) is 19.7 Å². The molecule has 148 valence electrons. The summed E-state index contributed by atoms with van der Waals surface area (Å²) in [5.41, 5.74) is 1.75. The molecule has 28 heavy (non-hydrogen) atoms. The minimum absolute atomic E-state index is 0.0328. The third-order valence-corrected chi connectivity index (χ3v) is 4.16. The van der Waals surface area contributed by atoms with Gasteiger partial charge in [-0.2, -0.15) is 0 Å². The number of ether oxygens (including phenoxy) is 2. The van der Waals surface area contributed by atoms with Gasteiger partial charge in [-0.25, -0.2) is 0 Å². The van der Waals surface area contributed by atoms with Crippen LogP contribution in [-0.2, 0) is 20.9 Å². The van der Waals surface area contributed by atoms with Crippen LogP contribution in [0, 0.1) is 17.0 Å². The van der Waals surface area contributed by atoms with Gasteiger partial charge in [0.15, 0.2) is 5.75 Å². The molecule has 8 nitrogen and oxygen atoms in total. The number of rotatable bonds is 9. The fourth-order valence-electron chi connectivity index (χ4n) is 2.58. The number of carbonyl (C=O) groups excluding carboxylic acids is 2. The molecule has 0 radical (unpaired) electrons. The number of amides is 1. The lowest BCUT2D eigenvalue weighted by Crippen LogP contribution is -2.36. The van der Waals surface area contributed by atoms with E-state index in [1.807, 2.05) is 31.2 Å². The third-order valence-electron chi connectivity index (χ3n) is 4.16. The van der Waals surface area contributed by atoms with Gasteiger partial charge < -0.3 is 14.4 Å². The fraction of sp³-hybridized carbons (Fsp3) is 0.300. The summed E-state index contributed by atoms with van der Waals surface area (Å²) >= 11 is 0. The van der Waals surface area contributed by atoms with E-state index in [9.17, 15) is 19.7 Å². The molecule has 0 N–H and O–H groups in total. The summed E-state index contributed by atoms with van der Waals surface area (Å²) in [6, 6.07) is 13.5. The second kappa shape index (κ2) is 10.1. The lowest BCUT2D eigenvalue weighted by molar-refractivity contribution is -0.385. The van der Waals surface area contributed by atoms with Crippen LogP contribution in [0.25, 0.3) is 0 Å². The Kier molecular flexibility index (Phi) is 7.50. The summed E-state index contributed by atoms with van der Waals surface area (Å²) in [7, 11) is 1.26. The first-order valence-electron chi connectivity index (χ1n) is 8.67. The highest BCUT2D eigenvalue weighted by Crippen LogP contribution is 2.25. The van der Waals surface area contributed by atoms with Crippen LogP contribution in [0.5, 0.6) is 5.75 Å². The topological polar surface area (TPSA) is 99.0 Å². The van der Waals surface area contributed by atoms with Crippen molar-refractivity contribution in [2.24, 2.45) is 0 Å². The lowest BCUT2D eigenvalue weighted by Gasteiger charge is -2.22. The normalized spacial score (nSPS) is 10.2. The molecule has 0 saturated carbocycles. The van der Waals surface area contributed by atoms with E-state index in [4.69, 9.17) is 4.74 Å². The van der Waals surface area contributed by atoms with Crippen molar-refractivity contribution in [1.82, 2.24) is 4.90 Å². The van der Waals surface area contributed by atoms with Crippen molar-refractivity contribution in [2.75, 3.05) is 20.3 Å². The highest BCUT2D eigenvalue weighted by atomic mass is 16.6. The van der Waals surface area contributed by atoms with Crippen molar-refractivity contribution in [3.8, 4) is 5.75 Å². The Hall–Kier alpha value is -3.42. The number of carbonyl (C=O) groups is 2. The van der Waals surface area contributed by atoms with Crippen LogP contribution in [-0.4, -0.2) is 42.0 Å². The SMILES string of the molecule is COC(=O)CN(Cc1ccccc1C)C(=O)CCOc1ccccc1[N+](=O)[O-]. The largest absolute Gasteiger partial charge is 0.486 e. The second-order valence-corrected chi connectivity index (χ2v) is 6.08. The number of aryl methyl sites for hydroxylation is 1. The van der Waals surface area contributed by atoms with Gasteiger partial charge in [0.25, 0.3) is 0 Å². The van der Waals surface area contributed by atoms with Gasteiger partial charge in [0.05, 0.1) is 25.1 Å². The minimum Gasteiger partial charge on any atom is -0.486 e. The molecular weight excluding hydrogens is 364 g/mol. The summed E-state index contributed by atoms with van der Waals surface area (Å²) in [4.78, 5) is 36.2. The smallest absolute Gasteiger partial charge is 0.325 e. The van der Waals surface area contributed by atoms with Crippen molar-refractivity contribution in [1.29, 1.82) is 0 Å². The summed E-state index contributed by atoms with van der Waals surface area (Å²) in [6.07, 6.45) is -0.0328. The molecule has 0 aliphatic rings. The maximum absolute atomic E-state index is 12.6. The van der Waals surface area contributed by atoms with Gasteiger partial charge in [-0.15, -0.1) is 0 Å². The molecule has 0 atom stereocenters. The number of benzene rings is 2. The molecule has 0 heterocycles. The highest BCUT2D eigenvalue weighted by Gasteiger charge is 2.20. The Morgan fingerprint density at radius 3 is 2.46 bits per heavy atom. The number of methoxy groups -OCH3 is 1. The zero-order valence-corrected chi connectivity index (χ0v) is 15.8. The maximum atomic E-state index is 12.6. The third kappa shape index (κ3) is 5.80. The Bertz CT molecular complexity index is 852. The van der Waals surface area contributed by atoms with Crippen LogP contribution in [0.4, 0.5) is 5.69 Å². The van der Waals surface area contributed by atoms with Gasteiger partial charge >= 0.3 is 11.7 Å². The molecule has 0 fully saturated rings. The Balaban J connectivity index is 2.03. The summed E-state index contributed by atoms with van der Waals surface area (Å²) in [5, 5.41) is 11.0. The Morgan fingerprint density at radius 2 is 1.79 bits per heavy atom. The lowest BCUT2D eigenvalue weighted by atomic mass is 10.1. The van der Waals surface area contributed by atoms with E-state index in [0.717, 1.165) is 11.1 Å². The predicted octanol–water partition coefficient (Wildman–Crippen LogP) is 2.87. The predicted molar refractivity (Wildman–Crippen MR) is 102 cm³/mol. The number of nitro benzene ring substituents is 1. The fourth-order valence-corrected chi connectivity index (χ4v) is 2.58. The van der Waals surface area contributed by atoms with E-state index in [2.05, 4.69) is 4.74 Å². The summed E-state index contributed by atoms with van der Waals surface area (Å²) in [6.45, 7) is 1.95. The molecule has 1 amide bonds. The molecule has 0 bridgehead atoms. The molecule has 0 aromatic heterocycles. The Labute approximate surface area is 162 Å². The van der Waals surface area contributed by atoms with Crippen molar-refractivity contribution in [3.05, 3.63) is 69.8 Å². The van der Waals surface area contributed by atoms with Crippen molar-refractivity contribution in [3.63, 3.8) is 0 Å². The second-order valence-electron chi connectivity index (χ2n) is 6.08. The standard InChI is InChI=1S/C20H22N2O6/c1-15-7-3-4-8-16(15)13-21(14-20(24)27-2)19(23)11-12-28-18-10-6-5-9-17(18)22(25)26/h3-10H,11-14H2,1-2H3. The van der Waals surface area contributed by atoms with Crippen LogP contribution in [0.15, 0.2) is 48.5 Å². The first-order chi connectivity index (χ1) is 13.4. The van der Waals surface area contributed by atoms with Crippen LogP contribution < -0.4 is 4.74 Å². The molecule has 2 aromatic carbocycles. The molecule has 0 aliphatic carbocycles. The Morgan fingerprint density at radius 1 is 1.11 bits per heavy atom. The molecule has 2 aromatic rings. The number of para-hydroxylation sites is 2. The number of hydrogen-bond donors (Lipinski definition) is 0. The molecule has 0 spiro atoms. The molecule has 0 aliphatic heterocycles. The van der Waals surface area contributed by atoms with Crippen LogP contribution in [0.3, 0.4) is 0 Å². The molecule has 0 saturated heterocycles. The zero-order chi connectivity index (χ0) is 20.5. The van der Waals surface area contributed by atoms with Crippen molar-refractivity contribution in [2.45, 2.75) is 19.9 Å². The van der Waals surface area contributed by atoms with Gasteiger partial charge in [0.2, 0.25) is 5.91 Å². The van der Waals surface area contributed by atoms with Crippen molar-refractivity contribution >= 4 is 17.6 Å². The number of nitro groups is 1. The average Bonchev–Trinajstić information content (AvgIpc) is 2.69. The summed E-state index contributed by atoms with van der Waals surface area (Å²) in [5.74, 6) is -0.743. The van der Waals surface area contributed by atoms with E-state index >= 15 is 0 Å². The minimum atomic E-state index is -0.543. The molecule has 2 rings (SSSR count). The van der Waals surface area contributed by atoms with E-state index in [1.165, 1.54) is 30.2 Å². The van der Waals surface area contributed by atoms with Crippen LogP contribution >= 0.6 is 0 Å². The van der Waals surface area contributed by atoms with Crippen LogP contribution in [0.2, 0.25) is 0 Å². The monoisotopic (exact) mass is 386 g/mol. The van der Waals surface area contributed by atoms with Gasteiger partial charge in [-0.05, 0) is 24.1 Å². The molecule has 0 unspecified atom stereocenters. The first kappa shape index (κ1) is 20.9. The quantitative estimate of drug-likeness (QED) is 0.373. The van der Waals surface area contributed by atoms with E-state index < -0.39 is 10.9 Å². The average molecular weight is 386 g/mol. The number of esters is 1. The molecule has 8 heteroatoms. The van der Waals surface area contributed by atoms with E-state index in [0.29, 0.717) is 0 Å². The van der Waals surface area contributed by atoms with Gasteiger partial charge in [-0.1, -0.05) is 36.4 Å². The van der Waals surface area contributed by atoms with Crippen molar-refractivity contribution < 1.29 is 24.0 Å². The summed E-state index contributed by atoms with van der Waals surface area (Å²) < 4.78 is 10.1. The molecular formula is C20H22N2O6. The van der Waals surface area contributed by atoms with Gasteiger partial charge in [0, 0.05) is 12.6 Å². The van der Waals surface area contributed by atoms with Gasteiger partial charge in [0.1, 0.15) is 6.54 Å². The number of hydrogen-bond acceptors (Lipinski definition) is 6. The maximum Gasteiger partial charge on any atom is 0.325 e. The van der Waals surface area contributed by atoms with E-state index in [1.54, 1.807) is 6.07 Å².